The van der Waals surface area contributed by atoms with E-state index >= 15 is 0 Å². The molecule has 3 rings (SSSR count). The van der Waals surface area contributed by atoms with Gasteiger partial charge in [-0.05, 0) is 22.6 Å². The molecule has 1 saturated heterocycles. The van der Waals surface area contributed by atoms with Crippen LogP contribution in [0, 0.1) is 3.57 Å². The second-order valence-corrected chi connectivity index (χ2v) is 8.68. The smallest absolute Gasteiger partial charge is 0.145 e. The second-order valence-electron chi connectivity index (χ2n) is 4.86. The van der Waals surface area contributed by atoms with E-state index < -0.39 is 0 Å². The highest BCUT2D eigenvalue weighted by Crippen LogP contribution is 2.42. The molecule has 2 aromatic rings. The molecular formula is C15H16IN3S2. The third-order valence-corrected chi connectivity index (χ3v) is 7.53. The lowest BCUT2D eigenvalue weighted by Gasteiger charge is -2.27. The molecule has 2 N–H and O–H groups in total. The summed E-state index contributed by atoms with van der Waals surface area (Å²) in [6.45, 7) is 2.25. The molecule has 1 fully saturated rings. The SMILES string of the molecule is CC1SCCSC1c1nc(N)c(I)c(-c2ccccc2)n1. The molecule has 21 heavy (non-hydrogen) atoms. The Morgan fingerprint density at radius 1 is 1.14 bits per heavy atom. The van der Waals surface area contributed by atoms with Gasteiger partial charge >= 0.3 is 0 Å². The van der Waals surface area contributed by atoms with Crippen molar-refractivity contribution in [2.75, 3.05) is 17.2 Å². The van der Waals surface area contributed by atoms with Crippen LogP contribution in [-0.2, 0) is 0 Å². The van der Waals surface area contributed by atoms with E-state index in [1.54, 1.807) is 0 Å². The van der Waals surface area contributed by atoms with Crippen molar-refractivity contribution in [1.29, 1.82) is 0 Å². The molecule has 110 valence electrons. The first-order chi connectivity index (χ1) is 10.2. The molecule has 1 aromatic heterocycles. The van der Waals surface area contributed by atoms with Crippen molar-refractivity contribution < 1.29 is 0 Å². The summed E-state index contributed by atoms with van der Waals surface area (Å²) in [6, 6.07) is 10.2. The maximum absolute atomic E-state index is 6.14. The van der Waals surface area contributed by atoms with Crippen LogP contribution in [0.5, 0.6) is 0 Å². The molecule has 2 unspecified atom stereocenters. The third-order valence-electron chi connectivity index (χ3n) is 3.38. The number of hydrogen-bond donors (Lipinski definition) is 1. The van der Waals surface area contributed by atoms with E-state index in [-0.39, 0.29) is 0 Å². The number of halogens is 1. The number of thioether (sulfide) groups is 2. The minimum absolute atomic E-state index is 0.325. The number of rotatable bonds is 2. The van der Waals surface area contributed by atoms with Gasteiger partial charge in [-0.2, -0.15) is 11.8 Å². The molecule has 0 bridgehead atoms. The predicted octanol–water partition coefficient (Wildman–Crippen LogP) is 4.24. The van der Waals surface area contributed by atoms with Crippen molar-refractivity contribution in [2.24, 2.45) is 0 Å². The van der Waals surface area contributed by atoms with Gasteiger partial charge in [0, 0.05) is 22.3 Å². The molecule has 2 heterocycles. The lowest BCUT2D eigenvalue weighted by molar-refractivity contribution is 0.826. The van der Waals surface area contributed by atoms with E-state index in [2.05, 4.69) is 46.6 Å². The van der Waals surface area contributed by atoms with E-state index in [1.165, 1.54) is 5.75 Å². The van der Waals surface area contributed by atoms with Gasteiger partial charge in [0.05, 0.1) is 14.5 Å². The normalized spacial score (nSPS) is 22.2. The van der Waals surface area contributed by atoms with Crippen LogP contribution in [0.15, 0.2) is 30.3 Å². The Kier molecular flexibility index (Phi) is 4.96. The van der Waals surface area contributed by atoms with Crippen molar-refractivity contribution in [3.8, 4) is 11.3 Å². The first kappa shape index (κ1) is 15.4. The topological polar surface area (TPSA) is 51.8 Å². The van der Waals surface area contributed by atoms with Gasteiger partial charge in [-0.3, -0.25) is 0 Å². The zero-order valence-corrected chi connectivity index (χ0v) is 15.4. The maximum Gasteiger partial charge on any atom is 0.145 e. The molecule has 1 aromatic carbocycles. The number of anilines is 1. The van der Waals surface area contributed by atoms with Gasteiger partial charge in [0.2, 0.25) is 0 Å². The van der Waals surface area contributed by atoms with Crippen LogP contribution in [-0.4, -0.2) is 26.7 Å². The van der Waals surface area contributed by atoms with Crippen LogP contribution in [0.2, 0.25) is 0 Å². The van der Waals surface area contributed by atoms with E-state index in [9.17, 15) is 0 Å². The molecule has 1 aliphatic rings. The van der Waals surface area contributed by atoms with Gasteiger partial charge in [-0.1, -0.05) is 37.3 Å². The lowest BCUT2D eigenvalue weighted by Crippen LogP contribution is -2.19. The summed E-state index contributed by atoms with van der Waals surface area (Å²) in [7, 11) is 0. The summed E-state index contributed by atoms with van der Waals surface area (Å²) in [5, 5.41) is 0.845. The minimum atomic E-state index is 0.325. The number of nitrogens with zero attached hydrogens (tertiary/aromatic N) is 2. The monoisotopic (exact) mass is 429 g/mol. The Labute approximate surface area is 147 Å². The van der Waals surface area contributed by atoms with E-state index in [0.29, 0.717) is 16.3 Å². The Morgan fingerprint density at radius 3 is 2.57 bits per heavy atom. The van der Waals surface area contributed by atoms with Gasteiger partial charge < -0.3 is 5.73 Å². The van der Waals surface area contributed by atoms with Gasteiger partial charge in [0.1, 0.15) is 11.6 Å². The molecule has 0 spiro atoms. The van der Waals surface area contributed by atoms with Crippen LogP contribution in [0.25, 0.3) is 11.3 Å². The van der Waals surface area contributed by atoms with Crippen molar-refractivity contribution in [2.45, 2.75) is 17.4 Å². The summed E-state index contributed by atoms with van der Waals surface area (Å²) in [5.41, 5.74) is 8.18. The van der Waals surface area contributed by atoms with Gasteiger partial charge in [-0.15, -0.1) is 11.8 Å². The Morgan fingerprint density at radius 2 is 1.86 bits per heavy atom. The van der Waals surface area contributed by atoms with Gasteiger partial charge in [-0.25, -0.2) is 9.97 Å². The summed E-state index contributed by atoms with van der Waals surface area (Å²) in [5.74, 6) is 3.81. The molecule has 3 nitrogen and oxygen atoms in total. The average molecular weight is 429 g/mol. The highest BCUT2D eigenvalue weighted by Gasteiger charge is 2.28. The number of aromatic nitrogens is 2. The van der Waals surface area contributed by atoms with Gasteiger partial charge in [0.15, 0.2) is 0 Å². The van der Waals surface area contributed by atoms with Crippen molar-refractivity contribution in [3.05, 3.63) is 39.7 Å². The largest absolute Gasteiger partial charge is 0.383 e. The molecular weight excluding hydrogens is 413 g/mol. The van der Waals surface area contributed by atoms with Crippen LogP contribution < -0.4 is 5.73 Å². The molecule has 0 saturated carbocycles. The number of nitrogen functional groups attached to an aromatic ring is 1. The van der Waals surface area contributed by atoms with Crippen LogP contribution in [0.4, 0.5) is 5.82 Å². The highest BCUT2D eigenvalue weighted by atomic mass is 127. The van der Waals surface area contributed by atoms with Crippen LogP contribution in [0.1, 0.15) is 18.0 Å². The summed E-state index contributed by atoms with van der Waals surface area (Å²) < 4.78 is 0.934. The summed E-state index contributed by atoms with van der Waals surface area (Å²) in [6.07, 6.45) is 0. The van der Waals surface area contributed by atoms with E-state index in [4.69, 9.17) is 10.7 Å². The quantitative estimate of drug-likeness (QED) is 0.724. The Hall–Kier alpha value is -0.470. The van der Waals surface area contributed by atoms with Crippen molar-refractivity contribution in [3.63, 3.8) is 0 Å². The zero-order valence-electron chi connectivity index (χ0n) is 11.6. The Bertz CT molecular complexity index is 636. The highest BCUT2D eigenvalue weighted by molar-refractivity contribution is 14.1. The van der Waals surface area contributed by atoms with Crippen molar-refractivity contribution in [1.82, 2.24) is 9.97 Å². The number of benzene rings is 1. The molecule has 1 aliphatic heterocycles. The number of nitrogens with two attached hydrogens (primary N) is 1. The molecule has 0 aliphatic carbocycles. The fraction of sp³-hybridized carbons (Fsp3) is 0.333. The summed E-state index contributed by atoms with van der Waals surface area (Å²) >= 11 is 6.17. The van der Waals surface area contributed by atoms with E-state index in [0.717, 1.165) is 26.4 Å². The summed E-state index contributed by atoms with van der Waals surface area (Å²) in [4.78, 5) is 9.40. The van der Waals surface area contributed by atoms with E-state index in [1.807, 2.05) is 41.7 Å². The van der Waals surface area contributed by atoms with Crippen LogP contribution in [0.3, 0.4) is 0 Å². The first-order valence-corrected chi connectivity index (χ1v) is 9.96. The zero-order chi connectivity index (χ0) is 14.8. The maximum atomic E-state index is 6.14. The standard InChI is InChI=1S/C15H16IN3S2/c1-9-13(21-8-7-20-9)15-18-12(11(16)14(17)19-15)10-5-3-2-4-6-10/h2-6,9,13H,7-8H2,1H3,(H2,17,18,19). The fourth-order valence-electron chi connectivity index (χ4n) is 2.31. The van der Waals surface area contributed by atoms with Crippen molar-refractivity contribution >= 4 is 51.9 Å². The average Bonchev–Trinajstić information content (AvgIpc) is 2.51. The minimum Gasteiger partial charge on any atom is -0.383 e. The lowest BCUT2D eigenvalue weighted by atomic mass is 10.1. The number of hydrogen-bond acceptors (Lipinski definition) is 5. The first-order valence-electron chi connectivity index (χ1n) is 6.78. The molecule has 2 atom stereocenters. The van der Waals surface area contributed by atoms with Gasteiger partial charge in [0.25, 0.3) is 0 Å². The van der Waals surface area contributed by atoms with Crippen LogP contribution >= 0.6 is 46.1 Å². The third kappa shape index (κ3) is 3.32. The fourth-order valence-corrected chi connectivity index (χ4v) is 5.55. The predicted molar refractivity (Wildman–Crippen MR) is 102 cm³/mol. The molecule has 0 radical (unpaired) electrons. The molecule has 6 heteroatoms. The Balaban J connectivity index is 2.05. The molecule has 0 amide bonds. The second kappa shape index (κ2) is 6.75.